The van der Waals surface area contributed by atoms with E-state index in [0.717, 1.165) is 22.9 Å². The second-order valence-corrected chi connectivity index (χ2v) is 10.2. The van der Waals surface area contributed by atoms with Gasteiger partial charge in [0.1, 0.15) is 18.1 Å². The smallest absolute Gasteiger partial charge is 0.326 e. The zero-order chi connectivity index (χ0) is 26.9. The van der Waals surface area contributed by atoms with Crippen molar-refractivity contribution in [3.63, 3.8) is 0 Å². The van der Waals surface area contributed by atoms with Crippen molar-refractivity contribution < 1.29 is 29.4 Å². The summed E-state index contributed by atoms with van der Waals surface area (Å²) in [4.78, 5) is 53.8. The van der Waals surface area contributed by atoms with Gasteiger partial charge >= 0.3 is 5.97 Å². The lowest BCUT2D eigenvalue weighted by atomic mass is 10.0. The molecule has 0 spiro atoms. The number of benzene rings is 1. The van der Waals surface area contributed by atoms with Gasteiger partial charge in [-0.1, -0.05) is 18.2 Å². The lowest BCUT2D eigenvalue weighted by molar-refractivity contribution is -0.142. The minimum atomic E-state index is -1.26. The third kappa shape index (κ3) is 7.70. The zero-order valence-corrected chi connectivity index (χ0v) is 21.8. The summed E-state index contributed by atoms with van der Waals surface area (Å²) in [5.41, 5.74) is 1.60. The highest BCUT2D eigenvalue weighted by Gasteiger charge is 2.33. The van der Waals surface area contributed by atoms with Crippen molar-refractivity contribution in [3.05, 3.63) is 36.0 Å². The van der Waals surface area contributed by atoms with Crippen LogP contribution in [0.5, 0.6) is 0 Å². The molecule has 1 aromatic heterocycles. The maximum absolute atomic E-state index is 13.1. The molecular formula is C25H35N5O6S. The summed E-state index contributed by atoms with van der Waals surface area (Å²) in [6.45, 7) is 2.08. The van der Waals surface area contributed by atoms with Crippen molar-refractivity contribution in [1.29, 1.82) is 0 Å². The molecule has 5 unspecified atom stereocenters. The van der Waals surface area contributed by atoms with Crippen molar-refractivity contribution in [3.8, 4) is 0 Å². The number of amides is 3. The number of thioether (sulfide) groups is 1. The number of fused-ring (bicyclic) bond motifs is 1. The second-order valence-electron chi connectivity index (χ2n) is 9.18. The van der Waals surface area contributed by atoms with Crippen LogP contribution in [0, 0.1) is 0 Å². The Morgan fingerprint density at radius 3 is 2.49 bits per heavy atom. The van der Waals surface area contributed by atoms with E-state index in [9.17, 15) is 29.4 Å². The predicted molar refractivity (Wildman–Crippen MR) is 141 cm³/mol. The van der Waals surface area contributed by atoms with E-state index in [2.05, 4.69) is 26.3 Å². The van der Waals surface area contributed by atoms with Gasteiger partial charge < -0.3 is 36.5 Å². The monoisotopic (exact) mass is 533 g/mol. The Bertz CT molecular complexity index is 1100. The van der Waals surface area contributed by atoms with Gasteiger partial charge in [0.2, 0.25) is 17.7 Å². The van der Waals surface area contributed by atoms with E-state index in [1.807, 2.05) is 30.5 Å². The largest absolute Gasteiger partial charge is 0.480 e. The fourth-order valence-electron chi connectivity index (χ4n) is 4.33. The number of carbonyl (C=O) groups is 4. The molecule has 1 fully saturated rings. The normalized spacial score (nSPS) is 18.5. The Labute approximate surface area is 219 Å². The van der Waals surface area contributed by atoms with Crippen LogP contribution in [0.1, 0.15) is 31.7 Å². The number of hydrogen-bond acceptors (Lipinski definition) is 7. The average Bonchev–Trinajstić information content (AvgIpc) is 3.55. The molecule has 5 atom stereocenters. The number of carboxylic acids is 1. The Hall–Kier alpha value is -3.09. The summed E-state index contributed by atoms with van der Waals surface area (Å²) in [5.74, 6) is -2.44. The van der Waals surface area contributed by atoms with Gasteiger partial charge in [-0.25, -0.2) is 4.79 Å². The molecule has 37 heavy (non-hydrogen) atoms. The van der Waals surface area contributed by atoms with Gasteiger partial charge in [0.05, 0.1) is 12.1 Å². The first-order valence-electron chi connectivity index (χ1n) is 12.3. The van der Waals surface area contributed by atoms with E-state index >= 15 is 0 Å². The van der Waals surface area contributed by atoms with E-state index in [4.69, 9.17) is 0 Å². The third-order valence-electron chi connectivity index (χ3n) is 6.40. The lowest BCUT2D eigenvalue weighted by Gasteiger charge is -2.26. The fraction of sp³-hybridized carbons (Fsp3) is 0.520. The first-order valence-corrected chi connectivity index (χ1v) is 13.7. The van der Waals surface area contributed by atoms with Gasteiger partial charge in [0, 0.05) is 23.5 Å². The summed E-state index contributed by atoms with van der Waals surface area (Å²) in [6, 6.07) is 3.49. The number of aliphatic hydroxyl groups is 1. The maximum atomic E-state index is 13.1. The maximum Gasteiger partial charge on any atom is 0.326 e. The van der Waals surface area contributed by atoms with Crippen molar-refractivity contribution in [2.75, 3.05) is 18.6 Å². The summed E-state index contributed by atoms with van der Waals surface area (Å²) in [6.07, 6.45) is 4.12. The molecule has 7 N–H and O–H groups in total. The molecule has 1 aromatic carbocycles. The lowest BCUT2D eigenvalue weighted by Crippen LogP contribution is -2.59. The molecule has 12 heteroatoms. The van der Waals surface area contributed by atoms with Crippen molar-refractivity contribution in [2.45, 2.75) is 62.9 Å². The molecule has 0 radical (unpaired) electrons. The van der Waals surface area contributed by atoms with Gasteiger partial charge in [-0.05, 0) is 56.4 Å². The highest BCUT2D eigenvalue weighted by atomic mass is 32.2. The molecule has 0 saturated carbocycles. The number of rotatable bonds is 13. The zero-order valence-electron chi connectivity index (χ0n) is 21.0. The summed E-state index contributed by atoms with van der Waals surface area (Å²) in [5, 5.41) is 31.6. The Kier molecular flexibility index (Phi) is 10.4. The molecular weight excluding hydrogens is 498 g/mol. The van der Waals surface area contributed by atoms with Crippen molar-refractivity contribution in [2.24, 2.45) is 0 Å². The number of carbonyl (C=O) groups excluding carboxylic acids is 3. The molecule has 3 rings (SSSR count). The van der Waals surface area contributed by atoms with Crippen LogP contribution in [0.4, 0.5) is 0 Å². The molecule has 2 aromatic rings. The topological polar surface area (TPSA) is 173 Å². The van der Waals surface area contributed by atoms with Crippen LogP contribution in [0.25, 0.3) is 10.9 Å². The first kappa shape index (κ1) is 28.5. The second kappa shape index (κ2) is 13.5. The molecule has 1 saturated heterocycles. The summed E-state index contributed by atoms with van der Waals surface area (Å²) >= 11 is 1.47. The van der Waals surface area contributed by atoms with Crippen molar-refractivity contribution in [1.82, 2.24) is 26.3 Å². The molecule has 1 aliphatic rings. The van der Waals surface area contributed by atoms with Gasteiger partial charge in [-0.2, -0.15) is 11.8 Å². The molecule has 202 valence electrons. The number of aromatic amines is 1. The van der Waals surface area contributed by atoms with Crippen LogP contribution in [-0.4, -0.2) is 87.7 Å². The number of hydrogen-bond donors (Lipinski definition) is 7. The number of para-hydroxylation sites is 1. The molecule has 11 nitrogen and oxygen atoms in total. The van der Waals surface area contributed by atoms with Gasteiger partial charge in [0.15, 0.2) is 0 Å². The minimum Gasteiger partial charge on any atom is -0.480 e. The van der Waals surface area contributed by atoms with E-state index in [-0.39, 0.29) is 12.8 Å². The van der Waals surface area contributed by atoms with E-state index in [1.54, 1.807) is 6.20 Å². The van der Waals surface area contributed by atoms with Crippen LogP contribution >= 0.6 is 11.8 Å². The van der Waals surface area contributed by atoms with E-state index in [0.29, 0.717) is 18.7 Å². The van der Waals surface area contributed by atoms with E-state index < -0.39 is 54.0 Å². The fourth-order valence-corrected chi connectivity index (χ4v) is 4.80. The van der Waals surface area contributed by atoms with Crippen LogP contribution in [-0.2, 0) is 25.6 Å². The SMILES string of the molecule is CSCCC(NC(=O)C(NC(=O)C1CCCN1)C(C)O)C(=O)NC(Cc1c[nH]c2ccccc12)C(=O)O. The number of H-pyrrole nitrogens is 1. The van der Waals surface area contributed by atoms with Crippen LogP contribution in [0.3, 0.4) is 0 Å². The van der Waals surface area contributed by atoms with E-state index in [1.165, 1.54) is 18.7 Å². The Morgan fingerprint density at radius 1 is 1.11 bits per heavy atom. The molecule has 1 aliphatic heterocycles. The summed E-state index contributed by atoms with van der Waals surface area (Å²) in [7, 11) is 0. The van der Waals surface area contributed by atoms with Crippen LogP contribution in [0.15, 0.2) is 30.5 Å². The molecule has 0 aliphatic carbocycles. The van der Waals surface area contributed by atoms with Gasteiger partial charge in [0.25, 0.3) is 0 Å². The number of aliphatic carboxylic acids is 1. The van der Waals surface area contributed by atoms with Gasteiger partial charge in [-0.15, -0.1) is 0 Å². The standard InChI is InChI=1S/C25H35N5O6S/c1-14(31)21(30-22(32)18-8-5-10-26-18)24(34)28-19(9-11-37-2)23(33)29-20(25(35)36)12-15-13-27-17-7-4-3-6-16(15)17/h3-4,6-7,13-14,18-21,26-27,31H,5,8-12H2,1-2H3,(H,28,34)(H,29,33)(H,30,32)(H,35,36). The Balaban J connectivity index is 1.69. The van der Waals surface area contributed by atoms with Crippen LogP contribution < -0.4 is 21.3 Å². The summed E-state index contributed by atoms with van der Waals surface area (Å²) < 4.78 is 0. The van der Waals surface area contributed by atoms with Gasteiger partial charge in [-0.3, -0.25) is 14.4 Å². The first-order chi connectivity index (χ1) is 17.7. The third-order valence-corrected chi connectivity index (χ3v) is 7.04. The van der Waals surface area contributed by atoms with Crippen LogP contribution in [0.2, 0.25) is 0 Å². The number of aliphatic hydroxyl groups excluding tert-OH is 1. The minimum absolute atomic E-state index is 0.0506. The van der Waals surface area contributed by atoms with Crippen molar-refractivity contribution >= 4 is 46.4 Å². The molecule has 2 heterocycles. The number of carboxylic acid groups (broad SMARTS) is 1. The quantitative estimate of drug-likeness (QED) is 0.190. The highest BCUT2D eigenvalue weighted by molar-refractivity contribution is 7.98. The average molecular weight is 534 g/mol. The molecule has 3 amide bonds. The Morgan fingerprint density at radius 2 is 1.84 bits per heavy atom. The highest BCUT2D eigenvalue weighted by Crippen LogP contribution is 2.19. The number of aromatic nitrogens is 1. The number of nitrogens with one attached hydrogen (secondary N) is 5. The predicted octanol–water partition coefficient (Wildman–Crippen LogP) is 0.135. The molecule has 0 bridgehead atoms.